The van der Waals surface area contributed by atoms with Crippen LogP contribution in [0.1, 0.15) is 13.3 Å². The number of halogens is 2. The highest BCUT2D eigenvalue weighted by atomic mass is 19.1. The van der Waals surface area contributed by atoms with E-state index >= 15 is 4.39 Å². The van der Waals surface area contributed by atoms with Gasteiger partial charge in [0.1, 0.15) is 28.5 Å². The molecule has 3 heterocycles. The molecule has 3 aromatic rings. The molecular weight excluding hydrogens is 342 g/mol. The Morgan fingerprint density at radius 3 is 2.62 bits per heavy atom. The van der Waals surface area contributed by atoms with E-state index in [0.29, 0.717) is 17.7 Å². The average molecular weight is 360 g/mol. The topological polar surface area (TPSA) is 90.0 Å². The molecule has 0 aliphatic carbocycles. The van der Waals surface area contributed by atoms with Crippen LogP contribution in [0.15, 0.2) is 18.3 Å². The second-order valence-electron chi connectivity index (χ2n) is 5.71. The van der Waals surface area contributed by atoms with Gasteiger partial charge in [-0.05, 0) is 18.6 Å². The van der Waals surface area contributed by atoms with Gasteiger partial charge in [-0.2, -0.15) is 9.97 Å². The number of nitrogen functional groups attached to an aromatic ring is 1. The van der Waals surface area contributed by atoms with E-state index in [1.165, 1.54) is 19.4 Å². The minimum absolute atomic E-state index is 0.00695. The summed E-state index contributed by atoms with van der Waals surface area (Å²) in [5.74, 6) is -1.00. The number of pyridine rings is 2. The maximum absolute atomic E-state index is 15.1. The smallest absolute Gasteiger partial charge is 0.318 e. The van der Waals surface area contributed by atoms with Crippen molar-refractivity contribution in [2.45, 2.75) is 13.3 Å². The summed E-state index contributed by atoms with van der Waals surface area (Å²) < 4.78 is 34.3. The summed E-state index contributed by atoms with van der Waals surface area (Å²) >= 11 is 0. The zero-order chi connectivity index (χ0) is 18.8. The van der Waals surface area contributed by atoms with Crippen LogP contribution in [0.5, 0.6) is 6.01 Å². The van der Waals surface area contributed by atoms with Gasteiger partial charge in [0.25, 0.3) is 0 Å². The van der Waals surface area contributed by atoms with Gasteiger partial charge in [0, 0.05) is 19.8 Å². The summed E-state index contributed by atoms with van der Waals surface area (Å²) in [7, 11) is 3.22. The van der Waals surface area contributed by atoms with Crippen LogP contribution in [0.3, 0.4) is 0 Å². The van der Waals surface area contributed by atoms with E-state index in [2.05, 4.69) is 19.9 Å². The highest BCUT2D eigenvalue weighted by molar-refractivity contribution is 5.91. The van der Waals surface area contributed by atoms with Crippen molar-refractivity contribution in [2.24, 2.45) is 0 Å². The van der Waals surface area contributed by atoms with E-state index in [-0.39, 0.29) is 28.7 Å². The Bertz CT molecular complexity index is 966. The number of nitrogens with zero attached hydrogens (tertiary/aromatic N) is 5. The maximum Gasteiger partial charge on any atom is 0.318 e. The van der Waals surface area contributed by atoms with Crippen molar-refractivity contribution in [3.05, 3.63) is 30.0 Å². The Hall–Kier alpha value is -3.10. The lowest BCUT2D eigenvalue weighted by atomic mass is 10.1. The summed E-state index contributed by atoms with van der Waals surface area (Å²) in [4.78, 5) is 18.1. The van der Waals surface area contributed by atoms with Crippen LogP contribution in [0.25, 0.3) is 22.3 Å². The van der Waals surface area contributed by atoms with E-state index in [4.69, 9.17) is 10.5 Å². The molecule has 0 atom stereocenters. The number of nitrogens with two attached hydrogens (primary N) is 1. The van der Waals surface area contributed by atoms with E-state index in [1.807, 2.05) is 18.9 Å². The van der Waals surface area contributed by atoms with Crippen LogP contribution < -0.4 is 15.4 Å². The molecule has 0 aliphatic rings. The third-order valence-electron chi connectivity index (χ3n) is 3.84. The van der Waals surface area contributed by atoms with Crippen LogP contribution in [0, 0.1) is 11.6 Å². The Kier molecular flexibility index (Phi) is 4.79. The van der Waals surface area contributed by atoms with Crippen LogP contribution in [0.2, 0.25) is 0 Å². The standard InChI is InChI=1S/C17H18F2N6O/c1-4-7-25(2)16-9-8-21-15(14-10(18)5-6-11(20)22-14)12(19)13(9)23-17(24-16)26-3/h5-6,8H,4,7H2,1-3H3,(H2,20,22). The molecule has 0 saturated heterocycles. The third-order valence-corrected chi connectivity index (χ3v) is 3.84. The van der Waals surface area contributed by atoms with Gasteiger partial charge >= 0.3 is 6.01 Å². The zero-order valence-corrected chi connectivity index (χ0v) is 14.6. The van der Waals surface area contributed by atoms with Gasteiger partial charge in [0.15, 0.2) is 11.6 Å². The first-order chi connectivity index (χ1) is 12.5. The van der Waals surface area contributed by atoms with Gasteiger partial charge < -0.3 is 15.4 Å². The Balaban J connectivity index is 2.27. The molecule has 0 amide bonds. The van der Waals surface area contributed by atoms with E-state index in [1.54, 1.807) is 0 Å². The van der Waals surface area contributed by atoms with Crippen molar-refractivity contribution in [1.29, 1.82) is 0 Å². The number of aromatic nitrogens is 4. The Labute approximate surface area is 148 Å². The molecule has 0 radical (unpaired) electrons. The van der Waals surface area contributed by atoms with Gasteiger partial charge in [-0.15, -0.1) is 0 Å². The number of rotatable bonds is 5. The van der Waals surface area contributed by atoms with E-state index in [0.717, 1.165) is 12.5 Å². The number of hydrogen-bond donors (Lipinski definition) is 1. The molecular formula is C17H18F2N6O. The SMILES string of the molecule is CCCN(C)c1nc(OC)nc2c(F)c(-c3nc(N)ccc3F)ncc12. The first kappa shape index (κ1) is 17.7. The predicted molar refractivity (Wildman–Crippen MR) is 95.0 cm³/mol. The lowest BCUT2D eigenvalue weighted by Gasteiger charge is -2.19. The van der Waals surface area contributed by atoms with Crippen molar-refractivity contribution < 1.29 is 13.5 Å². The fraction of sp³-hybridized carbons (Fsp3) is 0.294. The molecule has 9 heteroatoms. The molecule has 0 unspecified atom stereocenters. The normalized spacial score (nSPS) is 11.0. The molecule has 3 aromatic heterocycles. The van der Waals surface area contributed by atoms with Gasteiger partial charge in [-0.3, -0.25) is 4.98 Å². The van der Waals surface area contributed by atoms with Crippen molar-refractivity contribution in [3.63, 3.8) is 0 Å². The van der Waals surface area contributed by atoms with Gasteiger partial charge in [-0.1, -0.05) is 6.92 Å². The van der Waals surface area contributed by atoms with Gasteiger partial charge in [-0.25, -0.2) is 13.8 Å². The van der Waals surface area contributed by atoms with Crippen molar-refractivity contribution >= 4 is 22.5 Å². The van der Waals surface area contributed by atoms with Gasteiger partial charge in [0.2, 0.25) is 0 Å². The van der Waals surface area contributed by atoms with Crippen molar-refractivity contribution in [1.82, 2.24) is 19.9 Å². The molecule has 136 valence electrons. The fourth-order valence-electron chi connectivity index (χ4n) is 2.63. The molecule has 0 spiro atoms. The first-order valence-corrected chi connectivity index (χ1v) is 8.00. The van der Waals surface area contributed by atoms with Crippen molar-refractivity contribution in [3.8, 4) is 17.4 Å². The summed E-state index contributed by atoms with van der Waals surface area (Å²) in [6.07, 6.45) is 2.27. The predicted octanol–water partition coefficient (Wildman–Crippen LogP) is 2.80. The molecule has 0 fully saturated rings. The lowest BCUT2D eigenvalue weighted by Crippen LogP contribution is -2.20. The fourth-order valence-corrected chi connectivity index (χ4v) is 2.63. The van der Waals surface area contributed by atoms with E-state index in [9.17, 15) is 4.39 Å². The van der Waals surface area contributed by atoms with Crippen LogP contribution in [-0.4, -0.2) is 40.6 Å². The van der Waals surface area contributed by atoms with Crippen molar-refractivity contribution in [2.75, 3.05) is 31.3 Å². The largest absolute Gasteiger partial charge is 0.467 e. The quantitative estimate of drug-likeness (QED) is 0.748. The number of fused-ring (bicyclic) bond motifs is 1. The minimum Gasteiger partial charge on any atom is -0.467 e. The summed E-state index contributed by atoms with van der Waals surface area (Å²) in [6.45, 7) is 2.71. The maximum atomic E-state index is 15.1. The summed E-state index contributed by atoms with van der Waals surface area (Å²) in [5, 5.41) is 0.396. The molecule has 2 N–H and O–H groups in total. The highest BCUT2D eigenvalue weighted by Crippen LogP contribution is 2.31. The monoisotopic (exact) mass is 360 g/mol. The Morgan fingerprint density at radius 1 is 1.15 bits per heavy atom. The summed E-state index contributed by atoms with van der Waals surface area (Å²) in [6, 6.07) is 2.41. The number of anilines is 2. The number of methoxy groups -OCH3 is 1. The number of ether oxygens (including phenoxy) is 1. The molecule has 0 aliphatic heterocycles. The molecule has 26 heavy (non-hydrogen) atoms. The molecule has 0 saturated carbocycles. The second kappa shape index (κ2) is 7.03. The first-order valence-electron chi connectivity index (χ1n) is 8.00. The molecule has 3 rings (SSSR count). The number of hydrogen-bond acceptors (Lipinski definition) is 7. The third kappa shape index (κ3) is 3.07. The lowest BCUT2D eigenvalue weighted by molar-refractivity contribution is 0.381. The van der Waals surface area contributed by atoms with Crippen LogP contribution in [0.4, 0.5) is 20.4 Å². The van der Waals surface area contributed by atoms with Crippen LogP contribution >= 0.6 is 0 Å². The summed E-state index contributed by atoms with van der Waals surface area (Å²) in [5.41, 5.74) is 5.02. The minimum atomic E-state index is -0.814. The zero-order valence-electron chi connectivity index (χ0n) is 14.6. The molecule has 7 nitrogen and oxygen atoms in total. The van der Waals surface area contributed by atoms with Crippen LogP contribution in [-0.2, 0) is 0 Å². The molecule has 0 aromatic carbocycles. The Morgan fingerprint density at radius 2 is 1.92 bits per heavy atom. The van der Waals surface area contributed by atoms with E-state index < -0.39 is 11.6 Å². The molecule has 0 bridgehead atoms. The second-order valence-corrected chi connectivity index (χ2v) is 5.71. The average Bonchev–Trinajstić information content (AvgIpc) is 2.64. The highest BCUT2D eigenvalue weighted by Gasteiger charge is 2.21. The van der Waals surface area contributed by atoms with Gasteiger partial charge in [0.05, 0.1) is 12.5 Å².